The molecule has 0 saturated heterocycles. The van der Waals surface area contributed by atoms with Crippen molar-refractivity contribution in [3.05, 3.63) is 55.3 Å². The maximum atomic E-state index is 12.5. The van der Waals surface area contributed by atoms with E-state index >= 15 is 0 Å². The summed E-state index contributed by atoms with van der Waals surface area (Å²) in [7, 11) is 1.56. The lowest BCUT2D eigenvalue weighted by Crippen LogP contribution is -2.36. The van der Waals surface area contributed by atoms with E-state index in [1.54, 1.807) is 31.4 Å². The van der Waals surface area contributed by atoms with Gasteiger partial charge in [-0.2, -0.15) is 0 Å². The van der Waals surface area contributed by atoms with Crippen molar-refractivity contribution in [2.24, 2.45) is 0 Å². The van der Waals surface area contributed by atoms with Crippen molar-refractivity contribution in [1.82, 2.24) is 9.55 Å². The van der Waals surface area contributed by atoms with Crippen LogP contribution in [0.4, 0.5) is 0 Å². The number of ether oxygens (including phenoxy) is 1. The number of halogens is 2. The van der Waals surface area contributed by atoms with Gasteiger partial charge in [0.2, 0.25) is 0 Å². The van der Waals surface area contributed by atoms with Gasteiger partial charge in [-0.1, -0.05) is 35.3 Å². The molecule has 5 nitrogen and oxygen atoms in total. The number of hydrogen-bond donors (Lipinski definition) is 1. The van der Waals surface area contributed by atoms with Crippen molar-refractivity contribution in [3.8, 4) is 11.1 Å². The number of methoxy groups -OCH3 is 1. The molecule has 7 heteroatoms. The molecule has 0 aliphatic heterocycles. The minimum atomic E-state index is -0.535. The van der Waals surface area contributed by atoms with Crippen molar-refractivity contribution in [1.29, 1.82) is 0 Å². The quantitative estimate of drug-likeness (QED) is 0.677. The molecule has 0 saturated carbocycles. The number of hydrogen-bond acceptors (Lipinski definition) is 3. The van der Waals surface area contributed by atoms with Gasteiger partial charge in [-0.3, -0.25) is 14.3 Å². The molecule has 1 heterocycles. The largest absolute Gasteiger partial charge is 0.385 e. The Morgan fingerprint density at radius 3 is 2.71 bits per heavy atom. The number of nitrogens with zero attached hydrogens (tertiary/aromatic N) is 1. The second-order valence-electron chi connectivity index (χ2n) is 4.43. The summed E-state index contributed by atoms with van der Waals surface area (Å²) in [6.45, 7) is 0.716. The van der Waals surface area contributed by atoms with Crippen LogP contribution in [0.5, 0.6) is 0 Å². The Bertz CT molecular complexity index is 753. The molecule has 0 atom stereocenters. The third-order valence-corrected chi connectivity index (χ3v) is 3.50. The molecular formula is C14H14Cl2N2O3. The molecule has 0 bridgehead atoms. The van der Waals surface area contributed by atoms with Crippen LogP contribution in [0.1, 0.15) is 6.42 Å². The molecular weight excluding hydrogens is 315 g/mol. The van der Waals surface area contributed by atoms with E-state index < -0.39 is 11.2 Å². The number of aromatic amines is 1. The van der Waals surface area contributed by atoms with Crippen LogP contribution in [0, 0.1) is 0 Å². The van der Waals surface area contributed by atoms with E-state index in [0.717, 1.165) is 4.57 Å². The first kappa shape index (κ1) is 15.8. The Morgan fingerprint density at radius 1 is 1.29 bits per heavy atom. The molecule has 1 aromatic heterocycles. The second-order valence-corrected chi connectivity index (χ2v) is 5.25. The highest BCUT2D eigenvalue weighted by atomic mass is 35.5. The summed E-state index contributed by atoms with van der Waals surface area (Å²) in [4.78, 5) is 26.8. The maximum Gasteiger partial charge on any atom is 0.329 e. The third-order valence-electron chi connectivity index (χ3n) is 2.98. The van der Waals surface area contributed by atoms with Crippen LogP contribution >= 0.6 is 23.2 Å². The predicted molar refractivity (Wildman–Crippen MR) is 83.3 cm³/mol. The molecule has 1 N–H and O–H groups in total. The molecule has 2 rings (SSSR count). The van der Waals surface area contributed by atoms with Gasteiger partial charge in [-0.25, -0.2) is 4.79 Å². The lowest BCUT2D eigenvalue weighted by Gasteiger charge is -2.09. The van der Waals surface area contributed by atoms with E-state index in [-0.39, 0.29) is 17.3 Å². The molecule has 21 heavy (non-hydrogen) atoms. The Kier molecular flexibility index (Phi) is 5.22. The van der Waals surface area contributed by atoms with Crippen molar-refractivity contribution >= 4 is 23.2 Å². The second kappa shape index (κ2) is 6.93. The van der Waals surface area contributed by atoms with E-state index in [9.17, 15) is 9.59 Å². The average Bonchev–Trinajstić information content (AvgIpc) is 2.42. The Morgan fingerprint density at radius 2 is 2.05 bits per heavy atom. The SMILES string of the molecule is COCCCn1c(=O)[nH]c(Cl)c(-c2cccc(Cl)c2)c1=O. The third kappa shape index (κ3) is 3.56. The molecule has 0 aliphatic rings. The Balaban J connectivity index is 2.54. The van der Waals surface area contributed by atoms with Gasteiger partial charge in [0.05, 0.1) is 5.56 Å². The first-order chi connectivity index (χ1) is 10.0. The summed E-state index contributed by atoms with van der Waals surface area (Å²) in [5.74, 6) is 0. The summed E-state index contributed by atoms with van der Waals surface area (Å²) in [5, 5.41) is 0.496. The van der Waals surface area contributed by atoms with Crippen LogP contribution in [0.15, 0.2) is 33.9 Å². The van der Waals surface area contributed by atoms with Crippen LogP contribution in [-0.4, -0.2) is 23.3 Å². The zero-order chi connectivity index (χ0) is 15.4. The summed E-state index contributed by atoms with van der Waals surface area (Å²) >= 11 is 12.0. The molecule has 112 valence electrons. The van der Waals surface area contributed by atoms with E-state index in [0.29, 0.717) is 23.6 Å². The predicted octanol–water partition coefficient (Wildman–Crippen LogP) is 2.55. The standard InChI is InChI=1S/C14H14Cl2N2O3/c1-21-7-3-6-18-13(19)11(12(16)17-14(18)20)9-4-2-5-10(15)8-9/h2,4-5,8H,3,6-7H2,1H3,(H,17,20). The van der Waals surface area contributed by atoms with E-state index in [1.807, 2.05) is 0 Å². The van der Waals surface area contributed by atoms with Gasteiger partial charge >= 0.3 is 5.69 Å². The normalized spacial score (nSPS) is 10.8. The fourth-order valence-corrected chi connectivity index (χ4v) is 2.47. The number of aromatic nitrogens is 2. The molecule has 0 radical (unpaired) electrons. The highest BCUT2D eigenvalue weighted by Crippen LogP contribution is 2.24. The average molecular weight is 329 g/mol. The highest BCUT2D eigenvalue weighted by Gasteiger charge is 2.14. The Labute approximate surface area is 131 Å². The summed E-state index contributed by atoms with van der Waals surface area (Å²) in [5.41, 5.74) is -0.181. The zero-order valence-corrected chi connectivity index (χ0v) is 12.9. The highest BCUT2D eigenvalue weighted by molar-refractivity contribution is 6.32. The number of H-pyrrole nitrogens is 1. The first-order valence-corrected chi connectivity index (χ1v) is 7.07. The minimum absolute atomic E-state index is 0.00950. The number of nitrogens with one attached hydrogen (secondary N) is 1. The topological polar surface area (TPSA) is 64.1 Å². The van der Waals surface area contributed by atoms with Crippen LogP contribution in [0.25, 0.3) is 11.1 Å². The lowest BCUT2D eigenvalue weighted by atomic mass is 10.1. The van der Waals surface area contributed by atoms with Crippen molar-refractivity contribution in [3.63, 3.8) is 0 Å². The lowest BCUT2D eigenvalue weighted by molar-refractivity contribution is 0.189. The Hall–Kier alpha value is -1.56. The van der Waals surface area contributed by atoms with Crippen LogP contribution in [0.3, 0.4) is 0 Å². The number of rotatable bonds is 5. The van der Waals surface area contributed by atoms with Crippen molar-refractivity contribution in [2.45, 2.75) is 13.0 Å². The summed E-state index contributed by atoms with van der Waals surface area (Å²) in [6, 6.07) is 6.75. The molecule has 0 aliphatic carbocycles. The molecule has 0 unspecified atom stereocenters. The van der Waals surface area contributed by atoms with Gasteiger partial charge in [0, 0.05) is 25.3 Å². The molecule has 1 aromatic carbocycles. The van der Waals surface area contributed by atoms with Gasteiger partial charge in [0.1, 0.15) is 5.15 Å². The smallest absolute Gasteiger partial charge is 0.329 e. The van der Waals surface area contributed by atoms with Gasteiger partial charge in [0.25, 0.3) is 5.56 Å². The molecule has 2 aromatic rings. The van der Waals surface area contributed by atoms with Gasteiger partial charge in [-0.15, -0.1) is 0 Å². The van der Waals surface area contributed by atoms with Gasteiger partial charge in [0.15, 0.2) is 0 Å². The van der Waals surface area contributed by atoms with Crippen LogP contribution in [-0.2, 0) is 11.3 Å². The van der Waals surface area contributed by atoms with Crippen LogP contribution in [0.2, 0.25) is 10.2 Å². The first-order valence-electron chi connectivity index (χ1n) is 6.32. The number of benzene rings is 1. The zero-order valence-electron chi connectivity index (χ0n) is 11.4. The van der Waals surface area contributed by atoms with E-state index in [1.165, 1.54) is 0 Å². The van der Waals surface area contributed by atoms with Gasteiger partial charge < -0.3 is 4.74 Å². The van der Waals surface area contributed by atoms with E-state index in [4.69, 9.17) is 27.9 Å². The molecule has 0 amide bonds. The monoisotopic (exact) mass is 328 g/mol. The maximum absolute atomic E-state index is 12.5. The fourth-order valence-electron chi connectivity index (χ4n) is 2.01. The van der Waals surface area contributed by atoms with E-state index in [2.05, 4.69) is 4.98 Å². The van der Waals surface area contributed by atoms with Crippen molar-refractivity contribution < 1.29 is 4.74 Å². The fraction of sp³-hybridized carbons (Fsp3) is 0.286. The minimum Gasteiger partial charge on any atom is -0.385 e. The summed E-state index contributed by atoms with van der Waals surface area (Å²) < 4.78 is 6.04. The molecule has 0 spiro atoms. The van der Waals surface area contributed by atoms with Crippen LogP contribution < -0.4 is 11.2 Å². The van der Waals surface area contributed by atoms with Gasteiger partial charge in [-0.05, 0) is 24.1 Å². The summed E-state index contributed by atoms with van der Waals surface area (Å²) in [6.07, 6.45) is 0.552. The van der Waals surface area contributed by atoms with Crippen molar-refractivity contribution in [2.75, 3.05) is 13.7 Å². The molecule has 0 fully saturated rings.